The van der Waals surface area contributed by atoms with E-state index in [1.165, 1.54) is 4.31 Å². The summed E-state index contributed by atoms with van der Waals surface area (Å²) in [6.45, 7) is 7.08. The average molecular weight is 464 g/mol. The van der Waals surface area contributed by atoms with E-state index in [2.05, 4.69) is 29.8 Å². The van der Waals surface area contributed by atoms with Crippen molar-refractivity contribution in [2.24, 2.45) is 0 Å². The SMILES string of the molecule is CCN(CC)Cc1ccc(-c2ccc(S(=O)(=O)N(C)c3ccccc3)cc2OC)[nH]1.Cl. The number of aromatic amines is 1. The minimum Gasteiger partial charge on any atom is -0.496 e. The summed E-state index contributed by atoms with van der Waals surface area (Å²) >= 11 is 0. The van der Waals surface area contributed by atoms with Crippen LogP contribution in [0.15, 0.2) is 65.6 Å². The number of benzene rings is 2. The molecule has 0 bridgehead atoms. The molecule has 0 saturated carbocycles. The van der Waals surface area contributed by atoms with Crippen LogP contribution in [0.25, 0.3) is 11.3 Å². The number of hydrogen-bond donors (Lipinski definition) is 1. The molecule has 31 heavy (non-hydrogen) atoms. The molecule has 0 atom stereocenters. The van der Waals surface area contributed by atoms with Gasteiger partial charge >= 0.3 is 0 Å². The Morgan fingerprint density at radius 2 is 1.65 bits per heavy atom. The van der Waals surface area contributed by atoms with Gasteiger partial charge in [0.1, 0.15) is 5.75 Å². The van der Waals surface area contributed by atoms with Gasteiger partial charge < -0.3 is 9.72 Å². The number of nitrogens with zero attached hydrogens (tertiary/aromatic N) is 2. The molecule has 6 nitrogen and oxygen atoms in total. The van der Waals surface area contributed by atoms with E-state index in [-0.39, 0.29) is 17.3 Å². The van der Waals surface area contributed by atoms with Crippen molar-refractivity contribution in [3.8, 4) is 17.0 Å². The van der Waals surface area contributed by atoms with Crippen molar-refractivity contribution < 1.29 is 13.2 Å². The van der Waals surface area contributed by atoms with Crippen molar-refractivity contribution in [3.63, 3.8) is 0 Å². The second-order valence-corrected chi connectivity index (χ2v) is 9.00. The summed E-state index contributed by atoms with van der Waals surface area (Å²) < 4.78 is 33.0. The van der Waals surface area contributed by atoms with Gasteiger partial charge in [0.25, 0.3) is 10.0 Å². The molecule has 1 N–H and O–H groups in total. The van der Waals surface area contributed by atoms with E-state index >= 15 is 0 Å². The van der Waals surface area contributed by atoms with Crippen molar-refractivity contribution in [1.82, 2.24) is 9.88 Å². The van der Waals surface area contributed by atoms with E-state index in [4.69, 9.17) is 4.74 Å². The number of nitrogens with one attached hydrogen (secondary N) is 1. The zero-order valence-electron chi connectivity index (χ0n) is 18.3. The number of para-hydroxylation sites is 1. The van der Waals surface area contributed by atoms with Crippen LogP contribution in [0, 0.1) is 0 Å². The van der Waals surface area contributed by atoms with E-state index in [0.717, 1.165) is 36.6 Å². The first kappa shape index (κ1) is 24.8. The molecule has 1 aromatic heterocycles. The van der Waals surface area contributed by atoms with E-state index in [0.29, 0.717) is 11.4 Å². The Morgan fingerprint density at radius 1 is 0.968 bits per heavy atom. The highest BCUT2D eigenvalue weighted by Crippen LogP contribution is 2.33. The van der Waals surface area contributed by atoms with Gasteiger partial charge in [-0.05, 0) is 49.5 Å². The van der Waals surface area contributed by atoms with Gasteiger partial charge in [0.2, 0.25) is 0 Å². The number of H-pyrrole nitrogens is 1. The van der Waals surface area contributed by atoms with Crippen LogP contribution in [0.5, 0.6) is 5.75 Å². The predicted octanol–water partition coefficient (Wildman–Crippen LogP) is 4.78. The fourth-order valence-corrected chi connectivity index (χ4v) is 4.58. The van der Waals surface area contributed by atoms with E-state index < -0.39 is 10.0 Å². The zero-order chi connectivity index (χ0) is 21.7. The predicted molar refractivity (Wildman–Crippen MR) is 129 cm³/mol. The molecule has 0 amide bonds. The normalized spacial score (nSPS) is 11.3. The highest BCUT2D eigenvalue weighted by atomic mass is 35.5. The van der Waals surface area contributed by atoms with Gasteiger partial charge in [-0.3, -0.25) is 9.21 Å². The Balaban J connectivity index is 0.00000341. The molecule has 1 heterocycles. The third-order valence-corrected chi connectivity index (χ3v) is 7.06. The van der Waals surface area contributed by atoms with Crippen LogP contribution in [0.3, 0.4) is 0 Å². The number of halogens is 1. The van der Waals surface area contributed by atoms with Crippen LogP contribution >= 0.6 is 12.4 Å². The quantitative estimate of drug-likeness (QED) is 0.496. The average Bonchev–Trinajstić information content (AvgIpc) is 3.25. The topological polar surface area (TPSA) is 65.6 Å². The maximum atomic E-state index is 13.1. The monoisotopic (exact) mass is 463 g/mol. The lowest BCUT2D eigenvalue weighted by molar-refractivity contribution is 0.293. The fraction of sp³-hybridized carbons (Fsp3) is 0.304. The minimum absolute atomic E-state index is 0. The number of methoxy groups -OCH3 is 1. The Labute approximate surface area is 191 Å². The lowest BCUT2D eigenvalue weighted by Gasteiger charge is -2.20. The van der Waals surface area contributed by atoms with Crippen molar-refractivity contribution in [2.45, 2.75) is 25.3 Å². The second kappa shape index (κ2) is 10.7. The lowest BCUT2D eigenvalue weighted by Crippen LogP contribution is -2.26. The molecule has 0 radical (unpaired) electrons. The molecule has 8 heteroatoms. The third-order valence-electron chi connectivity index (χ3n) is 5.28. The van der Waals surface area contributed by atoms with Crippen molar-refractivity contribution in [1.29, 1.82) is 0 Å². The van der Waals surface area contributed by atoms with E-state index in [1.54, 1.807) is 44.5 Å². The van der Waals surface area contributed by atoms with Crippen LogP contribution in [0.1, 0.15) is 19.5 Å². The zero-order valence-corrected chi connectivity index (χ0v) is 20.0. The van der Waals surface area contributed by atoms with Crippen molar-refractivity contribution in [2.75, 3.05) is 31.6 Å². The summed E-state index contributed by atoms with van der Waals surface area (Å²) in [5.74, 6) is 0.508. The number of ether oxygens (including phenoxy) is 1. The van der Waals surface area contributed by atoms with Gasteiger partial charge in [0.15, 0.2) is 0 Å². The molecule has 0 aliphatic carbocycles. The number of anilines is 1. The summed E-state index contributed by atoms with van der Waals surface area (Å²) in [5.41, 5.74) is 3.43. The van der Waals surface area contributed by atoms with Gasteiger partial charge in [-0.1, -0.05) is 32.0 Å². The standard InChI is InChI=1S/C23H29N3O3S.ClH/c1-5-26(6-2)17-18-12-15-22(24-18)21-14-13-20(16-23(21)29-4)30(27,28)25(3)19-10-8-7-9-11-19;/h7-16,24H,5-6,17H2,1-4H3;1H. The van der Waals surface area contributed by atoms with Crippen LogP contribution in [-0.2, 0) is 16.6 Å². The number of hydrogen-bond acceptors (Lipinski definition) is 4. The highest BCUT2D eigenvalue weighted by Gasteiger charge is 2.23. The summed E-state index contributed by atoms with van der Waals surface area (Å²) in [5, 5.41) is 0. The maximum Gasteiger partial charge on any atom is 0.264 e. The van der Waals surface area contributed by atoms with Gasteiger partial charge in [0.05, 0.1) is 17.7 Å². The van der Waals surface area contributed by atoms with E-state index in [9.17, 15) is 8.42 Å². The Bertz CT molecular complexity index is 1080. The van der Waals surface area contributed by atoms with Gasteiger partial charge in [0, 0.05) is 36.6 Å². The van der Waals surface area contributed by atoms with Crippen LogP contribution in [0.2, 0.25) is 0 Å². The first-order valence-corrected chi connectivity index (χ1v) is 11.5. The molecule has 3 aromatic rings. The van der Waals surface area contributed by atoms with Gasteiger partial charge in [-0.2, -0.15) is 0 Å². The fourth-order valence-electron chi connectivity index (χ4n) is 3.37. The molecule has 0 aliphatic heterocycles. The van der Waals surface area contributed by atoms with Crippen molar-refractivity contribution in [3.05, 3.63) is 66.4 Å². The Hall–Kier alpha value is -2.48. The number of sulfonamides is 1. The lowest BCUT2D eigenvalue weighted by atomic mass is 10.1. The molecule has 3 rings (SSSR count). The molecule has 0 unspecified atom stereocenters. The van der Waals surface area contributed by atoms with Crippen LogP contribution < -0.4 is 9.04 Å². The summed E-state index contributed by atoms with van der Waals surface area (Å²) in [6, 6.07) is 18.1. The molecular formula is C23H30ClN3O3S. The smallest absolute Gasteiger partial charge is 0.264 e. The minimum atomic E-state index is -3.70. The summed E-state index contributed by atoms with van der Waals surface area (Å²) in [6.07, 6.45) is 0. The Kier molecular flexibility index (Phi) is 8.56. The largest absolute Gasteiger partial charge is 0.496 e. The number of aromatic nitrogens is 1. The maximum absolute atomic E-state index is 13.1. The molecule has 0 fully saturated rings. The summed E-state index contributed by atoms with van der Waals surface area (Å²) in [4.78, 5) is 5.93. The molecule has 0 saturated heterocycles. The second-order valence-electron chi connectivity index (χ2n) is 7.03. The van der Waals surface area contributed by atoms with Gasteiger partial charge in [-0.25, -0.2) is 8.42 Å². The van der Waals surface area contributed by atoms with E-state index in [1.807, 2.05) is 24.3 Å². The first-order chi connectivity index (χ1) is 14.4. The molecule has 2 aromatic carbocycles. The highest BCUT2D eigenvalue weighted by molar-refractivity contribution is 7.92. The third kappa shape index (κ3) is 5.42. The Morgan fingerprint density at radius 3 is 2.26 bits per heavy atom. The van der Waals surface area contributed by atoms with Crippen molar-refractivity contribution >= 4 is 28.1 Å². The van der Waals surface area contributed by atoms with Crippen LogP contribution in [0.4, 0.5) is 5.69 Å². The van der Waals surface area contributed by atoms with Gasteiger partial charge in [-0.15, -0.1) is 12.4 Å². The molecule has 0 spiro atoms. The summed E-state index contributed by atoms with van der Waals surface area (Å²) in [7, 11) is -0.602. The first-order valence-electron chi connectivity index (χ1n) is 10.0. The van der Waals surface area contributed by atoms with Crippen LogP contribution in [-0.4, -0.2) is 45.5 Å². The molecule has 168 valence electrons. The molecule has 0 aliphatic rings. The number of rotatable bonds is 9. The molecular weight excluding hydrogens is 434 g/mol.